The summed E-state index contributed by atoms with van der Waals surface area (Å²) in [7, 11) is 0. The van der Waals surface area contributed by atoms with Crippen LogP contribution < -0.4 is 22.1 Å². The maximum atomic E-state index is 12.4. The van der Waals surface area contributed by atoms with Crippen molar-refractivity contribution in [3.63, 3.8) is 0 Å². The number of amides is 1. The van der Waals surface area contributed by atoms with Crippen molar-refractivity contribution in [3.8, 4) is 11.5 Å². The fourth-order valence-corrected chi connectivity index (χ4v) is 3.53. The molecule has 4 rings (SSSR count). The monoisotopic (exact) mass is 393 g/mol. The van der Waals surface area contributed by atoms with E-state index in [0.29, 0.717) is 17.3 Å². The Bertz CT molecular complexity index is 1040. The second-order valence-electron chi connectivity index (χ2n) is 7.02. The second-order valence-corrected chi connectivity index (χ2v) is 7.02. The number of aliphatic imine (C=N–C) groups is 1. The second kappa shape index (κ2) is 7.78. The Hall–Kier alpha value is -3.62. The molecule has 1 aliphatic heterocycles. The maximum Gasteiger partial charge on any atom is 0.302 e. The third-order valence-electron chi connectivity index (χ3n) is 4.90. The van der Waals surface area contributed by atoms with Crippen LogP contribution in [0.1, 0.15) is 36.2 Å². The van der Waals surface area contributed by atoms with Crippen LogP contribution in [-0.2, 0) is 0 Å². The summed E-state index contributed by atoms with van der Waals surface area (Å²) in [6.07, 6.45) is 4.44. The van der Waals surface area contributed by atoms with Gasteiger partial charge in [0.05, 0.1) is 0 Å². The van der Waals surface area contributed by atoms with Crippen LogP contribution in [-0.4, -0.2) is 34.9 Å². The molecule has 29 heavy (non-hydrogen) atoms. The fourth-order valence-electron chi connectivity index (χ4n) is 3.53. The van der Waals surface area contributed by atoms with Gasteiger partial charge in [0.2, 0.25) is 0 Å². The normalized spacial score (nSPS) is 14.6. The number of furan rings is 1. The molecule has 1 aliphatic rings. The van der Waals surface area contributed by atoms with Gasteiger partial charge in [-0.25, -0.2) is 9.97 Å². The van der Waals surface area contributed by atoms with Crippen LogP contribution in [0.4, 0.5) is 11.6 Å². The Morgan fingerprint density at radius 3 is 2.48 bits per heavy atom. The zero-order chi connectivity index (χ0) is 20.4. The van der Waals surface area contributed by atoms with Crippen molar-refractivity contribution < 1.29 is 9.21 Å². The molecule has 6 N–H and O–H groups in total. The van der Waals surface area contributed by atoms with Gasteiger partial charge in [0.25, 0.3) is 0 Å². The highest BCUT2D eigenvalue weighted by molar-refractivity contribution is 6.04. The predicted octanol–water partition coefficient (Wildman–Crippen LogP) is 2.27. The number of benzene rings is 1. The summed E-state index contributed by atoms with van der Waals surface area (Å²) in [6.45, 7) is 1.67. The summed E-state index contributed by atoms with van der Waals surface area (Å²) >= 11 is 0. The molecule has 0 bridgehead atoms. The first-order valence-electron chi connectivity index (χ1n) is 9.58. The number of rotatable bonds is 3. The molecule has 150 valence electrons. The number of carbonyl (C=O) groups is 1. The summed E-state index contributed by atoms with van der Waals surface area (Å²) in [6, 6.07) is 9.53. The number of carbonyl (C=O) groups excluding carboxylic acids is 1. The van der Waals surface area contributed by atoms with E-state index in [1.165, 1.54) is 12.8 Å². The number of anilines is 2. The number of hydrogen-bond donors (Lipinski definition) is 3. The van der Waals surface area contributed by atoms with Crippen molar-refractivity contribution in [2.45, 2.75) is 25.7 Å². The molecule has 3 heterocycles. The summed E-state index contributed by atoms with van der Waals surface area (Å²) in [5, 5.41) is 0.931. The topological polar surface area (TPSA) is 150 Å². The number of nitrogens with zero attached hydrogens (tertiary/aromatic N) is 4. The first-order valence-corrected chi connectivity index (χ1v) is 9.58. The van der Waals surface area contributed by atoms with Gasteiger partial charge in [-0.05, 0) is 25.0 Å². The quantitative estimate of drug-likeness (QED) is 0.453. The highest BCUT2D eigenvalue weighted by Gasteiger charge is 2.25. The molecule has 9 nitrogen and oxygen atoms in total. The molecule has 1 fully saturated rings. The summed E-state index contributed by atoms with van der Waals surface area (Å²) in [5.41, 5.74) is 17.8. The van der Waals surface area contributed by atoms with Crippen molar-refractivity contribution in [3.05, 3.63) is 36.0 Å². The molecular formula is C20H23N7O2. The molecule has 9 heteroatoms. The zero-order valence-electron chi connectivity index (χ0n) is 16.0. The average Bonchev–Trinajstić information content (AvgIpc) is 2.93. The SMILES string of the molecule is NC(N)=NC(=O)c1nc(-c2cc3ccccc3o2)c(N2CCCCCC2)nc1N. The van der Waals surface area contributed by atoms with E-state index in [2.05, 4.69) is 19.9 Å². The molecule has 0 atom stereocenters. The van der Waals surface area contributed by atoms with Crippen molar-refractivity contribution in [2.24, 2.45) is 16.5 Å². The molecule has 0 radical (unpaired) electrons. The van der Waals surface area contributed by atoms with Crippen LogP contribution in [0.5, 0.6) is 0 Å². The summed E-state index contributed by atoms with van der Waals surface area (Å²) in [4.78, 5) is 27.1. The van der Waals surface area contributed by atoms with E-state index in [9.17, 15) is 4.79 Å². The zero-order valence-corrected chi connectivity index (χ0v) is 16.0. The third kappa shape index (κ3) is 3.84. The van der Waals surface area contributed by atoms with Crippen LogP contribution in [0.25, 0.3) is 22.4 Å². The molecule has 0 spiro atoms. The molecule has 1 aromatic carbocycles. The van der Waals surface area contributed by atoms with E-state index in [0.717, 1.165) is 36.9 Å². The Balaban J connectivity index is 1.88. The highest BCUT2D eigenvalue weighted by atomic mass is 16.3. The Morgan fingerprint density at radius 2 is 1.79 bits per heavy atom. The van der Waals surface area contributed by atoms with Crippen LogP contribution in [0, 0.1) is 0 Å². The fraction of sp³-hybridized carbons (Fsp3) is 0.300. The number of fused-ring (bicyclic) bond motifs is 1. The van der Waals surface area contributed by atoms with Crippen LogP contribution in [0.15, 0.2) is 39.7 Å². The Labute approximate surface area is 167 Å². The minimum absolute atomic E-state index is 0.0147. The smallest absolute Gasteiger partial charge is 0.302 e. The van der Waals surface area contributed by atoms with Gasteiger partial charge in [0.15, 0.2) is 29.0 Å². The van der Waals surface area contributed by atoms with Gasteiger partial charge in [-0.2, -0.15) is 4.99 Å². The summed E-state index contributed by atoms with van der Waals surface area (Å²) in [5.74, 6) is -0.00614. The molecule has 0 saturated carbocycles. The lowest BCUT2D eigenvalue weighted by atomic mass is 10.2. The largest absolute Gasteiger partial charge is 0.454 e. The van der Waals surface area contributed by atoms with E-state index >= 15 is 0 Å². The Kier molecular flexibility index (Phi) is 5.03. The van der Waals surface area contributed by atoms with Crippen molar-refractivity contribution in [2.75, 3.05) is 23.7 Å². The van der Waals surface area contributed by atoms with Crippen LogP contribution in [0.2, 0.25) is 0 Å². The van der Waals surface area contributed by atoms with Crippen molar-refractivity contribution in [1.82, 2.24) is 9.97 Å². The van der Waals surface area contributed by atoms with E-state index < -0.39 is 5.91 Å². The number of aromatic nitrogens is 2. The summed E-state index contributed by atoms with van der Waals surface area (Å²) < 4.78 is 6.01. The maximum absolute atomic E-state index is 12.4. The molecule has 0 unspecified atom stereocenters. The molecule has 3 aromatic rings. The van der Waals surface area contributed by atoms with Gasteiger partial charge in [-0.15, -0.1) is 0 Å². The number of para-hydroxylation sites is 1. The van der Waals surface area contributed by atoms with Gasteiger partial charge in [-0.1, -0.05) is 31.0 Å². The van der Waals surface area contributed by atoms with Crippen molar-refractivity contribution in [1.29, 1.82) is 0 Å². The van der Waals surface area contributed by atoms with Crippen molar-refractivity contribution >= 4 is 34.5 Å². The highest BCUT2D eigenvalue weighted by Crippen LogP contribution is 2.34. The van der Waals surface area contributed by atoms with Crippen LogP contribution in [0.3, 0.4) is 0 Å². The standard InChI is InChI=1S/C20H23N7O2/c21-17-16(19(28)26-20(22)23)24-15(14-11-12-7-3-4-8-13(12)29-14)18(25-17)27-9-5-1-2-6-10-27/h3-4,7-8,11H,1-2,5-6,9-10H2,(H2,21,25)(H4,22,23,26,28). The number of hydrogen-bond acceptors (Lipinski definition) is 6. The van der Waals surface area contributed by atoms with Gasteiger partial charge >= 0.3 is 5.91 Å². The first kappa shape index (κ1) is 18.7. The lowest BCUT2D eigenvalue weighted by Crippen LogP contribution is -2.27. The predicted molar refractivity (Wildman–Crippen MR) is 112 cm³/mol. The lowest BCUT2D eigenvalue weighted by Gasteiger charge is -2.23. The first-order chi connectivity index (χ1) is 14.0. The third-order valence-corrected chi connectivity index (χ3v) is 4.90. The van der Waals surface area contributed by atoms with Gasteiger partial charge in [-0.3, -0.25) is 4.79 Å². The van der Waals surface area contributed by atoms with Gasteiger partial charge in [0.1, 0.15) is 11.3 Å². The van der Waals surface area contributed by atoms with E-state index in [1.54, 1.807) is 0 Å². The number of nitrogen functional groups attached to an aromatic ring is 1. The average molecular weight is 393 g/mol. The number of guanidine groups is 1. The van der Waals surface area contributed by atoms with Gasteiger partial charge < -0.3 is 26.5 Å². The molecule has 1 amide bonds. The molecule has 2 aromatic heterocycles. The molecule has 1 saturated heterocycles. The van der Waals surface area contributed by atoms with E-state index in [-0.39, 0.29) is 17.5 Å². The van der Waals surface area contributed by atoms with E-state index in [1.807, 2.05) is 30.3 Å². The minimum atomic E-state index is -0.741. The lowest BCUT2D eigenvalue weighted by molar-refractivity contribution is 0.0998. The Morgan fingerprint density at radius 1 is 1.07 bits per heavy atom. The minimum Gasteiger partial charge on any atom is -0.454 e. The number of nitrogens with two attached hydrogens (primary N) is 3. The van der Waals surface area contributed by atoms with Gasteiger partial charge in [0, 0.05) is 18.5 Å². The molecular weight excluding hydrogens is 370 g/mol. The van der Waals surface area contributed by atoms with Crippen LogP contribution >= 0.6 is 0 Å². The molecule has 0 aliphatic carbocycles. The van der Waals surface area contributed by atoms with E-state index in [4.69, 9.17) is 21.6 Å².